The van der Waals surface area contributed by atoms with Crippen molar-refractivity contribution in [2.45, 2.75) is 24.7 Å². The van der Waals surface area contributed by atoms with Crippen molar-refractivity contribution in [1.82, 2.24) is 19.3 Å². The molecule has 3 heterocycles. The van der Waals surface area contributed by atoms with Crippen molar-refractivity contribution in [3.8, 4) is 5.75 Å². The van der Waals surface area contributed by atoms with Gasteiger partial charge in [-0.1, -0.05) is 5.16 Å². The zero-order chi connectivity index (χ0) is 25.9. The van der Waals surface area contributed by atoms with E-state index < -0.39 is 10.0 Å². The molecule has 36 heavy (non-hydrogen) atoms. The van der Waals surface area contributed by atoms with Crippen molar-refractivity contribution in [2.75, 3.05) is 65.4 Å². The first-order chi connectivity index (χ1) is 17.2. The molecular formula is C25H35N5O5S. The maximum Gasteiger partial charge on any atom is 0.248 e. The van der Waals surface area contributed by atoms with E-state index in [0.29, 0.717) is 44.7 Å². The third kappa shape index (κ3) is 5.52. The summed E-state index contributed by atoms with van der Waals surface area (Å²) < 4.78 is 38.7. The van der Waals surface area contributed by atoms with Gasteiger partial charge in [0.25, 0.3) is 0 Å². The van der Waals surface area contributed by atoms with E-state index in [1.165, 1.54) is 4.31 Å². The van der Waals surface area contributed by atoms with Crippen molar-refractivity contribution >= 4 is 27.7 Å². The molecule has 0 unspecified atom stereocenters. The highest BCUT2D eigenvalue weighted by Crippen LogP contribution is 2.30. The number of carbonyl (C=O) groups is 1. The second-order valence-corrected chi connectivity index (χ2v) is 11.3. The highest BCUT2D eigenvalue weighted by molar-refractivity contribution is 7.89. The molecule has 0 radical (unpaired) electrons. The molecule has 11 heteroatoms. The van der Waals surface area contributed by atoms with E-state index in [2.05, 4.69) is 10.1 Å². The molecule has 0 atom stereocenters. The minimum atomic E-state index is -3.78. The van der Waals surface area contributed by atoms with Gasteiger partial charge >= 0.3 is 0 Å². The van der Waals surface area contributed by atoms with E-state index in [4.69, 9.17) is 9.26 Å². The molecule has 2 aliphatic rings. The number of benzene rings is 1. The number of methoxy groups -OCH3 is 1. The zero-order valence-electron chi connectivity index (χ0n) is 21.4. The van der Waals surface area contributed by atoms with Gasteiger partial charge in [0.2, 0.25) is 15.9 Å². The highest BCUT2D eigenvalue weighted by atomic mass is 32.2. The number of anilines is 1. The molecule has 196 valence electrons. The molecule has 0 bridgehead atoms. The van der Waals surface area contributed by atoms with Gasteiger partial charge in [0, 0.05) is 77.2 Å². The molecule has 4 rings (SSSR count). The highest BCUT2D eigenvalue weighted by Gasteiger charge is 2.37. The predicted octanol–water partition coefficient (Wildman–Crippen LogP) is 2.27. The lowest BCUT2D eigenvalue weighted by molar-refractivity contribution is -0.137. The second kappa shape index (κ2) is 10.9. The second-order valence-electron chi connectivity index (χ2n) is 9.43. The van der Waals surface area contributed by atoms with Gasteiger partial charge in [0.1, 0.15) is 11.4 Å². The molecular weight excluding hydrogens is 482 g/mol. The van der Waals surface area contributed by atoms with E-state index >= 15 is 0 Å². The van der Waals surface area contributed by atoms with E-state index in [9.17, 15) is 13.2 Å². The Balaban J connectivity index is 1.33. The molecule has 2 fully saturated rings. The van der Waals surface area contributed by atoms with E-state index in [-0.39, 0.29) is 22.5 Å². The fraction of sp³-hybridized carbons (Fsp3) is 0.520. The first kappa shape index (κ1) is 26.0. The molecule has 10 nitrogen and oxygen atoms in total. The number of piperazine rings is 1. The number of carbonyl (C=O) groups excluding carboxylic acids is 1. The number of hydrogen-bond acceptors (Lipinski definition) is 8. The lowest BCUT2D eigenvalue weighted by atomic mass is 9.96. The molecule has 0 saturated carbocycles. The van der Waals surface area contributed by atoms with Crippen LogP contribution < -0.4 is 9.64 Å². The first-order valence-corrected chi connectivity index (χ1v) is 13.6. The molecule has 1 aromatic carbocycles. The lowest BCUT2D eigenvalue weighted by Crippen LogP contribution is -2.52. The van der Waals surface area contributed by atoms with Crippen molar-refractivity contribution in [2.24, 2.45) is 5.92 Å². The Labute approximate surface area is 213 Å². The summed E-state index contributed by atoms with van der Waals surface area (Å²) in [6, 6.07) is 7.95. The fourth-order valence-corrected chi connectivity index (χ4v) is 6.44. The van der Waals surface area contributed by atoms with Gasteiger partial charge < -0.3 is 24.0 Å². The number of amides is 1. The molecule has 2 saturated heterocycles. The van der Waals surface area contributed by atoms with Gasteiger partial charge in [0.05, 0.1) is 7.11 Å². The normalized spacial score (nSPS) is 18.1. The van der Waals surface area contributed by atoms with Gasteiger partial charge in [-0.05, 0) is 44.0 Å². The van der Waals surface area contributed by atoms with Crippen LogP contribution in [0.4, 0.5) is 5.69 Å². The maximum absolute atomic E-state index is 13.4. The van der Waals surface area contributed by atoms with E-state index in [1.807, 2.05) is 43.3 Å². The van der Waals surface area contributed by atoms with Crippen LogP contribution in [-0.4, -0.2) is 94.1 Å². The van der Waals surface area contributed by atoms with Crippen LogP contribution in [0.15, 0.2) is 39.9 Å². The SMILES string of the molecule is COc1ccc(N2CCN(C(=O)C3CCN(S(=O)(=O)c4c(C)noc4/C=C/N(C)C)CC3)CC2)cc1. The quantitative estimate of drug-likeness (QED) is 0.552. The van der Waals surface area contributed by atoms with Crippen LogP contribution in [0.2, 0.25) is 0 Å². The van der Waals surface area contributed by atoms with Crippen LogP contribution in [0.25, 0.3) is 6.08 Å². The third-order valence-electron chi connectivity index (χ3n) is 6.79. The number of piperidine rings is 1. The minimum Gasteiger partial charge on any atom is -0.497 e. The minimum absolute atomic E-state index is 0.0973. The molecule has 2 aliphatic heterocycles. The summed E-state index contributed by atoms with van der Waals surface area (Å²) in [5.74, 6) is 0.994. The molecule has 1 aromatic heterocycles. The van der Waals surface area contributed by atoms with Crippen molar-refractivity contribution < 1.29 is 22.5 Å². The molecule has 1 amide bonds. The average Bonchev–Trinajstić information content (AvgIpc) is 3.28. The Morgan fingerprint density at radius 1 is 1.08 bits per heavy atom. The number of sulfonamides is 1. The summed E-state index contributed by atoms with van der Waals surface area (Å²) >= 11 is 0. The summed E-state index contributed by atoms with van der Waals surface area (Å²) in [5, 5.41) is 3.87. The maximum atomic E-state index is 13.4. The lowest BCUT2D eigenvalue weighted by Gasteiger charge is -2.39. The number of rotatable bonds is 7. The van der Waals surface area contributed by atoms with Crippen LogP contribution in [0.3, 0.4) is 0 Å². The molecule has 0 N–H and O–H groups in total. The molecule has 0 spiro atoms. The summed E-state index contributed by atoms with van der Waals surface area (Å²) in [7, 11) is 1.55. The van der Waals surface area contributed by atoms with Gasteiger partial charge in [-0.3, -0.25) is 4.79 Å². The first-order valence-electron chi connectivity index (χ1n) is 12.2. The Morgan fingerprint density at radius 2 is 1.72 bits per heavy atom. The Hall–Kier alpha value is -3.05. The smallest absolute Gasteiger partial charge is 0.248 e. The molecule has 2 aromatic rings. The number of ether oxygens (including phenoxy) is 1. The number of nitrogens with zero attached hydrogens (tertiary/aromatic N) is 5. The number of aryl methyl sites for hydroxylation is 1. The van der Waals surface area contributed by atoms with Crippen molar-refractivity contribution in [1.29, 1.82) is 0 Å². The van der Waals surface area contributed by atoms with E-state index in [1.54, 1.807) is 31.2 Å². The number of aromatic nitrogens is 1. The summed E-state index contributed by atoms with van der Waals surface area (Å²) in [6.45, 7) is 5.07. The van der Waals surface area contributed by atoms with Gasteiger partial charge in [-0.2, -0.15) is 4.31 Å². The van der Waals surface area contributed by atoms with Crippen LogP contribution in [0.1, 0.15) is 24.3 Å². The summed E-state index contributed by atoms with van der Waals surface area (Å²) in [4.78, 5) is 19.3. The fourth-order valence-electron chi connectivity index (χ4n) is 4.72. The standard InChI is InChI=1S/C25H35N5O5S/c1-19-24(23(35-26-19)11-12-27(2)3)36(32,33)30-13-9-20(10-14-30)25(31)29-17-15-28(16-18-29)21-5-7-22(34-4)8-6-21/h5-8,11-12,20H,9-10,13-18H2,1-4H3/b12-11+. The Kier molecular flexibility index (Phi) is 7.89. The molecule has 0 aliphatic carbocycles. The van der Waals surface area contributed by atoms with Crippen molar-refractivity contribution in [3.05, 3.63) is 41.9 Å². The van der Waals surface area contributed by atoms with Crippen LogP contribution >= 0.6 is 0 Å². The van der Waals surface area contributed by atoms with Crippen LogP contribution in [0.5, 0.6) is 5.75 Å². The third-order valence-corrected chi connectivity index (χ3v) is 8.84. The van der Waals surface area contributed by atoms with Gasteiger partial charge in [-0.25, -0.2) is 8.42 Å². The van der Waals surface area contributed by atoms with E-state index in [0.717, 1.165) is 24.5 Å². The topological polar surface area (TPSA) is 99.4 Å². The summed E-state index contributed by atoms with van der Waals surface area (Å²) in [5.41, 5.74) is 1.45. The van der Waals surface area contributed by atoms with Crippen LogP contribution in [-0.2, 0) is 14.8 Å². The average molecular weight is 518 g/mol. The Morgan fingerprint density at radius 3 is 2.31 bits per heavy atom. The zero-order valence-corrected chi connectivity index (χ0v) is 22.2. The van der Waals surface area contributed by atoms with Gasteiger partial charge in [-0.15, -0.1) is 0 Å². The van der Waals surface area contributed by atoms with Crippen LogP contribution in [0, 0.1) is 12.8 Å². The van der Waals surface area contributed by atoms with Gasteiger partial charge in [0.15, 0.2) is 10.7 Å². The largest absolute Gasteiger partial charge is 0.497 e. The summed E-state index contributed by atoms with van der Waals surface area (Å²) in [6.07, 6.45) is 4.33. The predicted molar refractivity (Wildman–Crippen MR) is 137 cm³/mol. The monoisotopic (exact) mass is 517 g/mol. The van der Waals surface area contributed by atoms with Crippen molar-refractivity contribution in [3.63, 3.8) is 0 Å². The number of hydrogen-bond donors (Lipinski definition) is 0. The Bertz CT molecular complexity index is 1180.